The van der Waals surface area contributed by atoms with Gasteiger partial charge in [0.1, 0.15) is 11.4 Å². The molecular formula is C19H19ClFNO6. The Balaban J connectivity index is 2.16. The lowest BCUT2D eigenvalue weighted by atomic mass is 10.1. The van der Waals surface area contributed by atoms with Gasteiger partial charge in [-0.2, -0.15) is 0 Å². The van der Waals surface area contributed by atoms with Crippen molar-refractivity contribution in [3.63, 3.8) is 0 Å². The van der Waals surface area contributed by atoms with Crippen molar-refractivity contribution < 1.29 is 32.9 Å². The predicted molar refractivity (Wildman–Crippen MR) is 101 cm³/mol. The third kappa shape index (κ3) is 4.64. The number of esters is 1. The fourth-order valence-electron chi connectivity index (χ4n) is 2.36. The lowest BCUT2D eigenvalue weighted by Gasteiger charge is -2.17. The van der Waals surface area contributed by atoms with E-state index < -0.39 is 23.8 Å². The number of halogens is 2. The standard InChI is InChI=1S/C19H19ClFNO6/c1-10(18(23)22-14-7-5-11(21)9-13(14)20)28-19(24)12-6-8-15(25-2)17(27-4)16(12)26-3/h5-10H,1-4H3,(H,22,23)/t10-/m1/s1. The van der Waals surface area contributed by atoms with Crippen LogP contribution in [0.25, 0.3) is 0 Å². The lowest BCUT2D eigenvalue weighted by molar-refractivity contribution is -0.123. The summed E-state index contributed by atoms with van der Waals surface area (Å²) in [6, 6.07) is 6.46. The average Bonchev–Trinajstić information content (AvgIpc) is 2.68. The topological polar surface area (TPSA) is 83.1 Å². The minimum atomic E-state index is -1.16. The Bertz CT molecular complexity index is 889. The third-order valence-corrected chi connectivity index (χ3v) is 4.08. The molecule has 0 saturated heterocycles. The molecule has 0 radical (unpaired) electrons. The zero-order valence-electron chi connectivity index (χ0n) is 15.7. The number of ether oxygens (including phenoxy) is 4. The Kier molecular flexibility index (Phi) is 7.06. The maximum Gasteiger partial charge on any atom is 0.342 e. The Morgan fingerprint density at radius 1 is 1.04 bits per heavy atom. The smallest absolute Gasteiger partial charge is 0.342 e. The van der Waals surface area contributed by atoms with Crippen LogP contribution in [0.1, 0.15) is 17.3 Å². The number of hydrogen-bond donors (Lipinski definition) is 1. The fourth-order valence-corrected chi connectivity index (χ4v) is 2.58. The van der Waals surface area contributed by atoms with Crippen molar-refractivity contribution in [2.45, 2.75) is 13.0 Å². The molecule has 0 saturated carbocycles. The van der Waals surface area contributed by atoms with Crippen molar-refractivity contribution in [3.8, 4) is 17.2 Å². The summed E-state index contributed by atoms with van der Waals surface area (Å²) in [6.07, 6.45) is -1.16. The van der Waals surface area contributed by atoms with Crippen LogP contribution in [0.5, 0.6) is 17.2 Å². The van der Waals surface area contributed by atoms with Crippen LogP contribution in [0, 0.1) is 5.82 Å². The van der Waals surface area contributed by atoms with E-state index in [1.807, 2.05) is 0 Å². The monoisotopic (exact) mass is 411 g/mol. The SMILES string of the molecule is COc1ccc(C(=O)O[C@H](C)C(=O)Nc2ccc(F)cc2Cl)c(OC)c1OC. The fraction of sp³-hybridized carbons (Fsp3) is 0.263. The van der Waals surface area contributed by atoms with Crippen LogP contribution in [0.4, 0.5) is 10.1 Å². The third-order valence-electron chi connectivity index (χ3n) is 3.77. The van der Waals surface area contributed by atoms with Gasteiger partial charge < -0.3 is 24.3 Å². The molecule has 0 aromatic heterocycles. The van der Waals surface area contributed by atoms with Crippen LogP contribution < -0.4 is 19.5 Å². The summed E-state index contributed by atoms with van der Waals surface area (Å²) in [5.74, 6) is -1.28. The molecule has 150 valence electrons. The Morgan fingerprint density at radius 3 is 2.29 bits per heavy atom. The molecule has 1 atom stereocenters. The number of hydrogen-bond acceptors (Lipinski definition) is 6. The zero-order valence-corrected chi connectivity index (χ0v) is 16.4. The molecule has 2 aromatic carbocycles. The molecule has 2 rings (SSSR count). The number of amides is 1. The van der Waals surface area contributed by atoms with Gasteiger partial charge in [0.05, 0.1) is 32.0 Å². The number of carbonyl (C=O) groups is 2. The van der Waals surface area contributed by atoms with E-state index in [0.29, 0.717) is 5.75 Å². The molecule has 7 nitrogen and oxygen atoms in total. The highest BCUT2D eigenvalue weighted by molar-refractivity contribution is 6.33. The average molecular weight is 412 g/mol. The highest BCUT2D eigenvalue weighted by Crippen LogP contribution is 2.40. The molecule has 2 aromatic rings. The highest BCUT2D eigenvalue weighted by atomic mass is 35.5. The molecular weight excluding hydrogens is 393 g/mol. The summed E-state index contributed by atoms with van der Waals surface area (Å²) in [7, 11) is 4.21. The molecule has 28 heavy (non-hydrogen) atoms. The van der Waals surface area contributed by atoms with Gasteiger partial charge in [0.25, 0.3) is 5.91 Å². The normalized spacial score (nSPS) is 11.4. The van der Waals surface area contributed by atoms with Crippen LogP contribution in [-0.4, -0.2) is 39.3 Å². The lowest BCUT2D eigenvalue weighted by Crippen LogP contribution is -2.30. The van der Waals surface area contributed by atoms with E-state index in [9.17, 15) is 14.0 Å². The molecule has 0 heterocycles. The van der Waals surface area contributed by atoms with Crippen LogP contribution in [0.3, 0.4) is 0 Å². The summed E-state index contributed by atoms with van der Waals surface area (Å²) in [5, 5.41) is 2.49. The van der Waals surface area contributed by atoms with Gasteiger partial charge in [-0.1, -0.05) is 11.6 Å². The minimum absolute atomic E-state index is 0.0217. The molecule has 1 amide bonds. The van der Waals surface area contributed by atoms with Gasteiger partial charge in [-0.05, 0) is 37.3 Å². The van der Waals surface area contributed by atoms with Gasteiger partial charge in [0.2, 0.25) is 5.75 Å². The quantitative estimate of drug-likeness (QED) is 0.700. The summed E-state index contributed by atoms with van der Waals surface area (Å²) < 4.78 is 33.9. The molecule has 0 aliphatic carbocycles. The van der Waals surface area contributed by atoms with E-state index in [4.69, 9.17) is 30.5 Å². The summed E-state index contributed by atoms with van der Waals surface area (Å²) in [5.41, 5.74) is 0.249. The Labute approximate surface area is 166 Å². The largest absolute Gasteiger partial charge is 0.493 e. The summed E-state index contributed by atoms with van der Waals surface area (Å²) in [6.45, 7) is 1.39. The van der Waals surface area contributed by atoms with E-state index in [2.05, 4.69) is 5.32 Å². The van der Waals surface area contributed by atoms with Gasteiger partial charge in [-0.25, -0.2) is 9.18 Å². The number of benzene rings is 2. The van der Waals surface area contributed by atoms with Crippen LogP contribution in [-0.2, 0) is 9.53 Å². The van der Waals surface area contributed by atoms with Crippen molar-refractivity contribution >= 4 is 29.2 Å². The van der Waals surface area contributed by atoms with Crippen LogP contribution in [0.15, 0.2) is 30.3 Å². The highest BCUT2D eigenvalue weighted by Gasteiger charge is 2.25. The van der Waals surface area contributed by atoms with Crippen LogP contribution >= 0.6 is 11.6 Å². The van der Waals surface area contributed by atoms with Gasteiger partial charge in [-0.3, -0.25) is 4.79 Å². The second-order valence-corrected chi connectivity index (χ2v) is 5.95. The Hall–Kier alpha value is -3.00. The first-order chi connectivity index (χ1) is 13.3. The van der Waals surface area contributed by atoms with Gasteiger partial charge in [-0.15, -0.1) is 0 Å². The molecule has 0 aliphatic heterocycles. The predicted octanol–water partition coefficient (Wildman–Crippen LogP) is 3.69. The van der Waals surface area contributed by atoms with Crippen molar-refractivity contribution in [2.75, 3.05) is 26.6 Å². The summed E-state index contributed by atoms with van der Waals surface area (Å²) >= 11 is 5.88. The van der Waals surface area contributed by atoms with E-state index in [1.165, 1.54) is 46.5 Å². The molecule has 1 N–H and O–H groups in total. The maximum absolute atomic E-state index is 13.1. The number of nitrogens with one attached hydrogen (secondary N) is 1. The van der Waals surface area contributed by atoms with E-state index in [1.54, 1.807) is 0 Å². The molecule has 0 fully saturated rings. The van der Waals surface area contributed by atoms with Crippen molar-refractivity contribution in [3.05, 3.63) is 46.7 Å². The summed E-state index contributed by atoms with van der Waals surface area (Å²) in [4.78, 5) is 24.8. The number of methoxy groups -OCH3 is 3. The minimum Gasteiger partial charge on any atom is -0.493 e. The van der Waals surface area contributed by atoms with Crippen molar-refractivity contribution in [1.29, 1.82) is 0 Å². The second kappa shape index (κ2) is 9.27. The zero-order chi connectivity index (χ0) is 20.8. The van der Waals surface area contributed by atoms with Crippen molar-refractivity contribution in [2.24, 2.45) is 0 Å². The molecule has 0 aliphatic rings. The first kappa shape index (κ1) is 21.3. The maximum atomic E-state index is 13.1. The van der Waals surface area contributed by atoms with E-state index in [0.717, 1.165) is 12.1 Å². The van der Waals surface area contributed by atoms with Crippen LogP contribution in [0.2, 0.25) is 5.02 Å². The van der Waals surface area contributed by atoms with Gasteiger partial charge in [0, 0.05) is 0 Å². The second-order valence-electron chi connectivity index (χ2n) is 5.54. The van der Waals surface area contributed by atoms with E-state index in [-0.39, 0.29) is 27.8 Å². The Morgan fingerprint density at radius 2 is 1.71 bits per heavy atom. The number of carbonyl (C=O) groups excluding carboxylic acids is 2. The first-order valence-corrected chi connectivity index (χ1v) is 8.46. The molecule has 9 heteroatoms. The molecule has 0 spiro atoms. The van der Waals surface area contributed by atoms with E-state index >= 15 is 0 Å². The number of rotatable bonds is 7. The van der Waals surface area contributed by atoms with Crippen molar-refractivity contribution in [1.82, 2.24) is 0 Å². The molecule has 0 bridgehead atoms. The van der Waals surface area contributed by atoms with Gasteiger partial charge in [0.15, 0.2) is 17.6 Å². The first-order valence-electron chi connectivity index (χ1n) is 8.08. The van der Waals surface area contributed by atoms with Gasteiger partial charge >= 0.3 is 5.97 Å². The number of anilines is 1. The molecule has 0 unspecified atom stereocenters.